The number of rotatable bonds is 1. The molecule has 0 spiro atoms. The van der Waals surface area contributed by atoms with Gasteiger partial charge in [0.25, 0.3) is 0 Å². The molecule has 0 bridgehead atoms. The smallest absolute Gasteiger partial charge is 0.131 e. The van der Waals surface area contributed by atoms with Crippen molar-refractivity contribution in [1.82, 2.24) is 4.90 Å². The molecule has 4 nitrogen and oxygen atoms in total. The van der Waals surface area contributed by atoms with E-state index < -0.39 is 0 Å². The molecule has 4 rings (SSSR count). The van der Waals surface area contributed by atoms with Crippen molar-refractivity contribution in [2.75, 3.05) is 33.2 Å². The lowest BCUT2D eigenvalue weighted by atomic mass is 9.96. The van der Waals surface area contributed by atoms with Crippen LogP contribution in [-0.2, 0) is 6.42 Å². The molecule has 0 saturated carbocycles. The first kappa shape index (κ1) is 22.6. The van der Waals surface area contributed by atoms with Crippen LogP contribution in [0.1, 0.15) is 17.2 Å². The van der Waals surface area contributed by atoms with Gasteiger partial charge in [-0.3, -0.25) is 4.90 Å². The molecule has 1 saturated heterocycles. The SMILES string of the molecule is CN1CC[N+]([O-])(C2Cc3ccccc3Sc3c(O)cc(Cl)cc32)CC1.Cl.Cl. The van der Waals surface area contributed by atoms with Gasteiger partial charge < -0.3 is 15.0 Å². The Morgan fingerprint density at radius 3 is 2.56 bits per heavy atom. The van der Waals surface area contributed by atoms with E-state index in [1.54, 1.807) is 6.07 Å². The molecule has 2 aliphatic heterocycles. The van der Waals surface area contributed by atoms with Crippen molar-refractivity contribution in [3.63, 3.8) is 0 Å². The molecule has 0 aromatic heterocycles. The Morgan fingerprint density at radius 1 is 1.19 bits per heavy atom. The maximum atomic E-state index is 13.7. The normalized spacial score (nSPS) is 21.1. The van der Waals surface area contributed by atoms with Gasteiger partial charge in [-0.1, -0.05) is 41.6 Å². The van der Waals surface area contributed by atoms with E-state index in [0.29, 0.717) is 24.5 Å². The Morgan fingerprint density at radius 2 is 1.85 bits per heavy atom. The number of benzene rings is 2. The van der Waals surface area contributed by atoms with E-state index in [0.717, 1.165) is 34.0 Å². The van der Waals surface area contributed by atoms with Crippen molar-refractivity contribution in [1.29, 1.82) is 0 Å². The number of phenols is 1. The third kappa shape index (κ3) is 4.35. The zero-order chi connectivity index (χ0) is 17.6. The molecule has 0 amide bonds. The van der Waals surface area contributed by atoms with Crippen LogP contribution in [0.15, 0.2) is 46.2 Å². The number of hydrogen-bond donors (Lipinski definition) is 1. The summed E-state index contributed by atoms with van der Waals surface area (Å²) in [4.78, 5) is 4.07. The van der Waals surface area contributed by atoms with E-state index in [1.165, 1.54) is 11.8 Å². The third-order valence-corrected chi connectivity index (χ3v) is 6.79. The van der Waals surface area contributed by atoms with Crippen LogP contribution in [0, 0.1) is 5.21 Å². The quantitative estimate of drug-likeness (QED) is 0.497. The average molecular weight is 450 g/mol. The number of halogens is 3. The minimum absolute atomic E-state index is 0. The number of fused-ring (bicyclic) bond motifs is 2. The van der Waals surface area contributed by atoms with Crippen molar-refractivity contribution < 1.29 is 9.75 Å². The van der Waals surface area contributed by atoms with Gasteiger partial charge in [-0.2, -0.15) is 0 Å². The molecule has 1 fully saturated rings. The minimum atomic E-state index is -0.258. The largest absolute Gasteiger partial charge is 0.632 e. The fraction of sp³-hybridized carbons (Fsp3) is 0.368. The van der Waals surface area contributed by atoms with E-state index in [1.807, 2.05) is 18.2 Å². The van der Waals surface area contributed by atoms with Crippen LogP contribution in [0.5, 0.6) is 5.75 Å². The number of piperazine rings is 1. The summed E-state index contributed by atoms with van der Waals surface area (Å²) in [5.41, 5.74) is 2.04. The summed E-state index contributed by atoms with van der Waals surface area (Å²) in [6.45, 7) is 2.69. The maximum Gasteiger partial charge on any atom is 0.131 e. The van der Waals surface area contributed by atoms with Gasteiger partial charge in [0.15, 0.2) is 0 Å². The lowest BCUT2D eigenvalue weighted by Gasteiger charge is -2.52. The number of phenolic OH excluding ortho intramolecular Hbond substituents is 1. The van der Waals surface area contributed by atoms with E-state index in [9.17, 15) is 10.3 Å². The Hall–Kier alpha value is -0.660. The molecule has 148 valence electrons. The van der Waals surface area contributed by atoms with Crippen LogP contribution in [0.2, 0.25) is 5.02 Å². The number of aromatic hydroxyl groups is 1. The number of quaternary nitrogens is 1. The number of nitrogens with zero attached hydrogens (tertiary/aromatic N) is 2. The Kier molecular flexibility index (Phi) is 7.36. The number of likely N-dealkylation sites (N-methyl/N-ethyl adjacent to an activating group) is 1. The average Bonchev–Trinajstić information content (AvgIpc) is 2.75. The second-order valence-corrected chi connectivity index (χ2v) is 8.46. The first-order valence-electron chi connectivity index (χ1n) is 8.51. The molecule has 2 aliphatic rings. The molecule has 1 unspecified atom stereocenters. The monoisotopic (exact) mass is 448 g/mol. The van der Waals surface area contributed by atoms with Crippen molar-refractivity contribution in [3.05, 3.63) is 57.8 Å². The van der Waals surface area contributed by atoms with Gasteiger partial charge in [0.1, 0.15) is 11.8 Å². The summed E-state index contributed by atoms with van der Waals surface area (Å²) >= 11 is 7.77. The summed E-state index contributed by atoms with van der Waals surface area (Å²) in [7, 11) is 2.05. The highest BCUT2D eigenvalue weighted by Crippen LogP contribution is 2.49. The van der Waals surface area contributed by atoms with Crippen molar-refractivity contribution >= 4 is 48.2 Å². The van der Waals surface area contributed by atoms with E-state index >= 15 is 0 Å². The Bertz CT molecular complexity index is 814. The molecular weight excluding hydrogens is 427 g/mol. The van der Waals surface area contributed by atoms with Crippen LogP contribution in [0.4, 0.5) is 0 Å². The first-order chi connectivity index (χ1) is 12.0. The lowest BCUT2D eigenvalue weighted by Crippen LogP contribution is -2.57. The molecule has 2 aromatic rings. The van der Waals surface area contributed by atoms with Gasteiger partial charge in [-0.25, -0.2) is 0 Å². The summed E-state index contributed by atoms with van der Waals surface area (Å²) in [5, 5.41) is 24.7. The Labute approximate surface area is 181 Å². The number of hydroxylamine groups is 3. The molecule has 8 heteroatoms. The number of hydrogen-bond acceptors (Lipinski definition) is 4. The van der Waals surface area contributed by atoms with Crippen LogP contribution >= 0.6 is 48.2 Å². The first-order valence-corrected chi connectivity index (χ1v) is 9.70. The molecule has 2 heterocycles. The van der Waals surface area contributed by atoms with Crippen molar-refractivity contribution in [2.45, 2.75) is 22.3 Å². The molecule has 0 aliphatic carbocycles. The van der Waals surface area contributed by atoms with E-state index in [4.69, 9.17) is 11.6 Å². The van der Waals surface area contributed by atoms with Gasteiger partial charge in [0.05, 0.1) is 18.0 Å². The molecular formula is C19H23Cl3N2O2S. The van der Waals surface area contributed by atoms with Gasteiger partial charge in [0, 0.05) is 35.0 Å². The fourth-order valence-corrected chi connectivity index (χ4v) is 5.14. The van der Waals surface area contributed by atoms with Crippen LogP contribution in [-0.4, -0.2) is 47.9 Å². The summed E-state index contributed by atoms with van der Waals surface area (Å²) in [6.07, 6.45) is 0.670. The molecule has 2 aromatic carbocycles. The van der Waals surface area contributed by atoms with Crippen LogP contribution in [0.3, 0.4) is 0 Å². The lowest BCUT2D eigenvalue weighted by molar-refractivity contribution is -0.915. The zero-order valence-corrected chi connectivity index (χ0v) is 18.1. The summed E-state index contributed by atoms with van der Waals surface area (Å²) in [5.74, 6) is 0.162. The van der Waals surface area contributed by atoms with Crippen molar-refractivity contribution in [3.8, 4) is 5.75 Å². The molecule has 1 N–H and O–H groups in total. The molecule has 1 atom stereocenters. The molecule has 27 heavy (non-hydrogen) atoms. The van der Waals surface area contributed by atoms with E-state index in [2.05, 4.69) is 24.1 Å². The topological polar surface area (TPSA) is 46.5 Å². The van der Waals surface area contributed by atoms with Gasteiger partial charge >= 0.3 is 0 Å². The summed E-state index contributed by atoms with van der Waals surface area (Å²) in [6, 6.07) is 11.3. The minimum Gasteiger partial charge on any atom is -0.632 e. The van der Waals surface area contributed by atoms with E-state index in [-0.39, 0.29) is 41.3 Å². The second-order valence-electron chi connectivity index (χ2n) is 6.98. The predicted octanol–water partition coefficient (Wildman–Crippen LogP) is 4.90. The van der Waals surface area contributed by atoms with Crippen molar-refractivity contribution in [2.24, 2.45) is 0 Å². The van der Waals surface area contributed by atoms with Gasteiger partial charge in [-0.05, 0) is 30.8 Å². The summed E-state index contributed by atoms with van der Waals surface area (Å²) < 4.78 is -0.258. The standard InChI is InChI=1S/C19H21ClN2O2S.2ClH/c1-21-6-8-22(24,9-7-21)16-10-13-4-2-3-5-18(13)25-19-15(16)11-14(20)12-17(19)23;;/h2-5,11-12,16,23H,6-10H2,1H3;2*1H. The maximum absolute atomic E-state index is 13.7. The highest BCUT2D eigenvalue weighted by Gasteiger charge is 2.38. The third-order valence-electron chi connectivity index (χ3n) is 5.31. The highest BCUT2D eigenvalue weighted by molar-refractivity contribution is 7.99. The second kappa shape index (κ2) is 8.78. The molecule has 0 radical (unpaired) electrons. The Balaban J connectivity index is 0.00000131. The predicted molar refractivity (Wildman–Crippen MR) is 115 cm³/mol. The van der Waals surface area contributed by atoms with Crippen LogP contribution in [0.25, 0.3) is 0 Å². The van der Waals surface area contributed by atoms with Gasteiger partial charge in [-0.15, -0.1) is 24.8 Å². The zero-order valence-electron chi connectivity index (χ0n) is 14.9. The van der Waals surface area contributed by atoms with Gasteiger partial charge in [0.2, 0.25) is 0 Å². The fourth-order valence-electron chi connectivity index (χ4n) is 3.79. The highest BCUT2D eigenvalue weighted by atomic mass is 35.5. The van der Waals surface area contributed by atoms with Crippen LogP contribution < -0.4 is 0 Å².